The molecule has 34 heavy (non-hydrogen) atoms. The van der Waals surface area contributed by atoms with Crippen molar-refractivity contribution < 1.29 is 36.9 Å². The van der Waals surface area contributed by atoms with Gasteiger partial charge in [0.05, 0.1) is 4.92 Å². The van der Waals surface area contributed by atoms with Crippen LogP contribution in [0, 0.1) is 10.1 Å². The van der Waals surface area contributed by atoms with E-state index in [2.05, 4.69) is 0 Å². The molecular weight excluding hydrogens is 468 g/mol. The van der Waals surface area contributed by atoms with Crippen LogP contribution in [0.4, 0.5) is 5.69 Å². The number of nitro benzene ring substituents is 1. The average molecular weight is 484 g/mol. The maximum atomic E-state index is 13.0. The molecule has 0 atom stereocenters. The number of ether oxygens (including phenoxy) is 1. The van der Waals surface area contributed by atoms with Crippen molar-refractivity contribution in [2.45, 2.75) is 11.7 Å². The van der Waals surface area contributed by atoms with Gasteiger partial charge in [-0.2, -0.15) is 0 Å². The first-order valence-corrected chi connectivity index (χ1v) is 11.2. The Bertz CT molecular complexity index is 1490. The highest BCUT2D eigenvalue weighted by Gasteiger charge is 2.39. The number of nitrogens with zero attached hydrogens (tertiary/aromatic N) is 2. The third kappa shape index (κ3) is 3.68. The van der Waals surface area contributed by atoms with Crippen LogP contribution in [0.25, 0.3) is 0 Å². The lowest BCUT2D eigenvalue weighted by Crippen LogP contribution is -2.23. The van der Waals surface area contributed by atoms with Crippen LogP contribution in [0.1, 0.15) is 48.0 Å². The topological polar surface area (TPSA) is 154 Å². The van der Waals surface area contributed by atoms with Gasteiger partial charge in [-0.05, 0) is 24.3 Å². The minimum atomic E-state index is -3.84. The number of hydrogen-bond acceptors (Lipinski definition) is 9. The molecule has 0 saturated heterocycles. The Morgan fingerprint density at radius 2 is 1.65 bits per heavy atom. The predicted molar refractivity (Wildman–Crippen MR) is 115 cm³/mol. The van der Waals surface area contributed by atoms with Gasteiger partial charge in [0, 0.05) is 30.8 Å². The minimum Gasteiger partial charge on any atom is -0.454 e. The number of fused-ring (bicyclic) bond motifs is 2. The Kier molecular flexibility index (Phi) is 5.63. The number of rotatable bonds is 6. The Labute approximate surface area is 192 Å². The fourth-order valence-corrected chi connectivity index (χ4v) is 4.30. The van der Waals surface area contributed by atoms with Crippen molar-refractivity contribution in [2.24, 2.45) is 0 Å². The van der Waals surface area contributed by atoms with E-state index >= 15 is 0 Å². The fraction of sp³-hybridized carbons (Fsp3) is 0.136. The third-order valence-corrected chi connectivity index (χ3v) is 6.88. The Hall–Kier alpha value is -4.16. The van der Waals surface area contributed by atoms with E-state index in [1.807, 2.05) is 0 Å². The Balaban J connectivity index is 1.66. The number of furan rings is 1. The number of hydrogen-bond donors (Lipinski definition) is 0. The van der Waals surface area contributed by atoms with E-state index in [1.54, 1.807) is 6.07 Å². The standard InChI is InChI=1S/C22H16N2O9S/c1-23(2)34(30,31)17-10-7-12(33-17)11-32-22(27)16-9-8-15-18(19(16)24(28)29)21(26)14-6-4-3-5-13(14)20(15)25/h3-10H,11H2,1-2H3. The van der Waals surface area contributed by atoms with Crippen LogP contribution in [-0.2, 0) is 21.4 Å². The maximum Gasteiger partial charge on any atom is 0.345 e. The highest BCUT2D eigenvalue weighted by Crippen LogP contribution is 2.36. The van der Waals surface area contributed by atoms with Crippen molar-refractivity contribution in [3.8, 4) is 0 Å². The van der Waals surface area contributed by atoms with Gasteiger partial charge in [0.25, 0.3) is 15.7 Å². The second-order valence-electron chi connectivity index (χ2n) is 7.43. The molecular formula is C22H16N2O9S. The van der Waals surface area contributed by atoms with Gasteiger partial charge < -0.3 is 9.15 Å². The molecule has 0 spiro atoms. The number of esters is 1. The molecule has 1 aliphatic carbocycles. The SMILES string of the molecule is CN(C)S(=O)(=O)c1ccc(COC(=O)c2ccc3c(c2[N+](=O)[O-])C(=O)c2ccccc2C3=O)o1. The summed E-state index contributed by atoms with van der Waals surface area (Å²) < 4.78 is 35.4. The van der Waals surface area contributed by atoms with E-state index in [0.717, 1.165) is 10.4 Å². The largest absolute Gasteiger partial charge is 0.454 e. The van der Waals surface area contributed by atoms with E-state index in [9.17, 15) is 32.9 Å². The molecule has 0 radical (unpaired) electrons. The van der Waals surface area contributed by atoms with Crippen LogP contribution in [0.2, 0.25) is 0 Å². The highest BCUT2D eigenvalue weighted by molar-refractivity contribution is 7.88. The van der Waals surface area contributed by atoms with Gasteiger partial charge in [0.1, 0.15) is 23.5 Å². The van der Waals surface area contributed by atoms with Gasteiger partial charge in [-0.3, -0.25) is 19.7 Å². The molecule has 12 heteroatoms. The summed E-state index contributed by atoms with van der Waals surface area (Å²) in [4.78, 5) is 49.4. The van der Waals surface area contributed by atoms with E-state index in [1.165, 1.54) is 50.5 Å². The molecule has 174 valence electrons. The van der Waals surface area contributed by atoms with Crippen LogP contribution in [-0.4, -0.2) is 49.3 Å². The molecule has 0 fully saturated rings. The molecule has 2 aromatic carbocycles. The first-order valence-electron chi connectivity index (χ1n) is 9.72. The molecule has 11 nitrogen and oxygen atoms in total. The number of ketones is 2. The number of carbonyl (C=O) groups is 3. The smallest absolute Gasteiger partial charge is 0.345 e. The summed E-state index contributed by atoms with van der Waals surface area (Å²) in [6, 6.07) is 10.6. The summed E-state index contributed by atoms with van der Waals surface area (Å²) in [6.45, 7) is -0.522. The second-order valence-corrected chi connectivity index (χ2v) is 9.51. The van der Waals surface area contributed by atoms with Gasteiger partial charge in [0.15, 0.2) is 5.78 Å². The maximum absolute atomic E-state index is 13.0. The summed E-state index contributed by atoms with van der Waals surface area (Å²) in [6.07, 6.45) is 0. The first kappa shape index (κ1) is 23.0. The number of nitro groups is 1. The lowest BCUT2D eigenvalue weighted by molar-refractivity contribution is -0.385. The zero-order valence-electron chi connectivity index (χ0n) is 17.8. The van der Waals surface area contributed by atoms with Crippen LogP contribution < -0.4 is 0 Å². The molecule has 1 aromatic heterocycles. The van der Waals surface area contributed by atoms with Crippen molar-refractivity contribution in [3.63, 3.8) is 0 Å². The molecule has 0 unspecified atom stereocenters. The van der Waals surface area contributed by atoms with Gasteiger partial charge in [-0.1, -0.05) is 24.3 Å². The zero-order chi connectivity index (χ0) is 24.8. The Morgan fingerprint density at radius 1 is 1.00 bits per heavy atom. The summed E-state index contributed by atoms with van der Waals surface area (Å²) in [7, 11) is -1.21. The van der Waals surface area contributed by atoms with Gasteiger partial charge in [-0.15, -0.1) is 0 Å². The summed E-state index contributed by atoms with van der Waals surface area (Å²) >= 11 is 0. The zero-order valence-corrected chi connectivity index (χ0v) is 18.6. The van der Waals surface area contributed by atoms with E-state index in [-0.39, 0.29) is 27.5 Å². The number of benzene rings is 2. The highest BCUT2D eigenvalue weighted by atomic mass is 32.2. The lowest BCUT2D eigenvalue weighted by atomic mass is 9.82. The molecule has 0 saturated carbocycles. The number of carbonyl (C=O) groups excluding carboxylic acids is 3. The van der Waals surface area contributed by atoms with Crippen molar-refractivity contribution in [1.29, 1.82) is 0 Å². The van der Waals surface area contributed by atoms with Gasteiger partial charge in [0.2, 0.25) is 10.9 Å². The summed E-state index contributed by atoms with van der Waals surface area (Å²) in [5, 5.41) is 11.5. The molecule has 0 bridgehead atoms. The molecule has 1 aliphatic rings. The quantitative estimate of drug-likeness (QED) is 0.228. The van der Waals surface area contributed by atoms with Crippen LogP contribution in [0.15, 0.2) is 58.0 Å². The molecule has 0 N–H and O–H groups in total. The van der Waals surface area contributed by atoms with E-state index < -0.39 is 55.9 Å². The van der Waals surface area contributed by atoms with Crippen LogP contribution >= 0.6 is 0 Å². The molecule has 3 aromatic rings. The average Bonchev–Trinajstić information content (AvgIpc) is 3.30. The lowest BCUT2D eigenvalue weighted by Gasteiger charge is -2.18. The monoisotopic (exact) mass is 484 g/mol. The third-order valence-electron chi connectivity index (χ3n) is 5.19. The normalized spacial score (nSPS) is 12.9. The predicted octanol–water partition coefficient (Wildman–Crippen LogP) is 2.57. The number of sulfonamides is 1. The minimum absolute atomic E-state index is 0.00108. The second kappa shape index (κ2) is 8.32. The van der Waals surface area contributed by atoms with Crippen molar-refractivity contribution in [3.05, 3.63) is 92.2 Å². The molecule has 0 aliphatic heterocycles. The van der Waals surface area contributed by atoms with Crippen molar-refractivity contribution in [2.75, 3.05) is 14.1 Å². The molecule has 1 heterocycles. The van der Waals surface area contributed by atoms with Crippen molar-refractivity contribution >= 4 is 33.2 Å². The Morgan fingerprint density at radius 3 is 2.26 bits per heavy atom. The summed E-state index contributed by atoms with van der Waals surface area (Å²) in [5.41, 5.74) is -1.93. The molecule has 0 amide bonds. The van der Waals surface area contributed by atoms with Gasteiger partial charge >= 0.3 is 5.97 Å². The van der Waals surface area contributed by atoms with Crippen molar-refractivity contribution in [1.82, 2.24) is 4.31 Å². The van der Waals surface area contributed by atoms with Gasteiger partial charge in [-0.25, -0.2) is 17.5 Å². The fourth-order valence-electron chi connectivity index (χ4n) is 3.49. The molecule has 4 rings (SSSR count). The van der Waals surface area contributed by atoms with E-state index in [0.29, 0.717) is 0 Å². The van der Waals surface area contributed by atoms with Crippen LogP contribution in [0.5, 0.6) is 0 Å². The first-order chi connectivity index (χ1) is 16.0. The summed E-state index contributed by atoms with van der Waals surface area (Å²) in [5.74, 6) is -2.49. The van der Waals surface area contributed by atoms with E-state index in [4.69, 9.17) is 9.15 Å². The van der Waals surface area contributed by atoms with Crippen LogP contribution in [0.3, 0.4) is 0 Å².